The number of para-hydroxylation sites is 1. The zero-order valence-corrected chi connectivity index (χ0v) is 10.8. The van der Waals surface area contributed by atoms with Gasteiger partial charge in [0.15, 0.2) is 5.79 Å². The maximum atomic E-state index is 6.12. The maximum Gasteiger partial charge on any atom is 0.186 e. The molecule has 0 unspecified atom stereocenters. The summed E-state index contributed by atoms with van der Waals surface area (Å²) in [6.45, 7) is 5.31. The number of nitrogens with two attached hydrogens (primary N) is 1. The minimum absolute atomic E-state index is 0.396. The van der Waals surface area contributed by atoms with E-state index in [4.69, 9.17) is 15.2 Å². The van der Waals surface area contributed by atoms with E-state index in [0.717, 1.165) is 37.3 Å². The number of aryl methyl sites for hydroxylation is 1. The van der Waals surface area contributed by atoms with Crippen LogP contribution in [0, 0.1) is 6.92 Å². The molecule has 0 bridgehead atoms. The largest absolute Gasteiger partial charge is 0.397 e. The lowest BCUT2D eigenvalue weighted by Crippen LogP contribution is -2.49. The van der Waals surface area contributed by atoms with E-state index >= 15 is 0 Å². The first-order valence-electron chi connectivity index (χ1n) is 6.58. The third-order valence-electron chi connectivity index (χ3n) is 3.82. The highest BCUT2D eigenvalue weighted by atomic mass is 16.7. The summed E-state index contributed by atoms with van der Waals surface area (Å²) in [5, 5.41) is 0. The third-order valence-corrected chi connectivity index (χ3v) is 3.82. The number of nitrogens with zero attached hydrogens (tertiary/aromatic N) is 1. The molecule has 0 amide bonds. The molecule has 2 heterocycles. The summed E-state index contributed by atoms with van der Waals surface area (Å²) < 4.78 is 11.6. The van der Waals surface area contributed by atoms with Crippen LogP contribution >= 0.6 is 0 Å². The van der Waals surface area contributed by atoms with E-state index in [2.05, 4.69) is 17.9 Å². The van der Waals surface area contributed by atoms with Gasteiger partial charge in [0, 0.05) is 13.0 Å². The Morgan fingerprint density at radius 1 is 1.28 bits per heavy atom. The lowest BCUT2D eigenvalue weighted by molar-refractivity contribution is -0.161. The number of anilines is 2. The Morgan fingerprint density at radius 3 is 2.78 bits per heavy atom. The molecule has 0 aromatic heterocycles. The predicted molar refractivity (Wildman–Crippen MR) is 71.7 cm³/mol. The number of hydrogen-bond acceptors (Lipinski definition) is 4. The summed E-state index contributed by atoms with van der Waals surface area (Å²) in [7, 11) is 0. The topological polar surface area (TPSA) is 47.7 Å². The molecule has 2 aliphatic heterocycles. The Labute approximate surface area is 108 Å². The van der Waals surface area contributed by atoms with Crippen LogP contribution in [0.15, 0.2) is 18.2 Å². The van der Waals surface area contributed by atoms with Crippen LogP contribution < -0.4 is 10.6 Å². The average molecular weight is 248 g/mol. The molecule has 2 N–H and O–H groups in total. The van der Waals surface area contributed by atoms with Gasteiger partial charge < -0.3 is 20.1 Å². The molecule has 0 radical (unpaired) electrons. The second kappa shape index (κ2) is 4.44. The van der Waals surface area contributed by atoms with Crippen molar-refractivity contribution in [1.82, 2.24) is 0 Å². The fraction of sp³-hybridized carbons (Fsp3) is 0.571. The number of hydrogen-bond donors (Lipinski definition) is 1. The molecule has 98 valence electrons. The first-order valence-corrected chi connectivity index (χ1v) is 6.58. The van der Waals surface area contributed by atoms with Crippen molar-refractivity contribution >= 4 is 11.4 Å². The third kappa shape index (κ3) is 1.95. The Kier molecular flexibility index (Phi) is 2.92. The van der Waals surface area contributed by atoms with Gasteiger partial charge in [-0.05, 0) is 25.0 Å². The molecule has 2 fully saturated rings. The molecule has 0 atom stereocenters. The van der Waals surface area contributed by atoms with Gasteiger partial charge in [0.1, 0.15) is 0 Å². The summed E-state index contributed by atoms with van der Waals surface area (Å²) in [4.78, 5) is 2.31. The highest BCUT2D eigenvalue weighted by Crippen LogP contribution is 2.36. The molecule has 18 heavy (non-hydrogen) atoms. The summed E-state index contributed by atoms with van der Waals surface area (Å²) in [6, 6.07) is 6.06. The van der Waals surface area contributed by atoms with E-state index in [1.165, 1.54) is 5.56 Å². The quantitative estimate of drug-likeness (QED) is 0.771. The molecule has 3 rings (SSSR count). The molecular formula is C14H20N2O2. The molecule has 2 aliphatic rings. The van der Waals surface area contributed by atoms with E-state index < -0.39 is 5.79 Å². The van der Waals surface area contributed by atoms with Crippen molar-refractivity contribution in [2.45, 2.75) is 25.6 Å². The SMILES string of the molecule is Cc1cccc(N)c1N1CCCC2(C1)OCCO2. The molecule has 1 spiro atoms. The Morgan fingerprint density at radius 2 is 2.06 bits per heavy atom. The van der Waals surface area contributed by atoms with Crippen LogP contribution in [0.3, 0.4) is 0 Å². The summed E-state index contributed by atoms with van der Waals surface area (Å²) in [5.74, 6) is -0.396. The predicted octanol–water partition coefficient (Wildman–Crippen LogP) is 1.92. The van der Waals surface area contributed by atoms with Crippen LogP contribution in [0.25, 0.3) is 0 Å². The number of nitrogen functional groups attached to an aromatic ring is 1. The van der Waals surface area contributed by atoms with Crippen LogP contribution in [-0.2, 0) is 9.47 Å². The Bertz CT molecular complexity index is 421. The fourth-order valence-electron chi connectivity index (χ4n) is 3.03. The van der Waals surface area contributed by atoms with Crippen LogP contribution in [0.5, 0.6) is 0 Å². The Hall–Kier alpha value is -1.26. The lowest BCUT2D eigenvalue weighted by atomic mass is 10.0. The number of ether oxygens (including phenoxy) is 2. The van der Waals surface area contributed by atoms with E-state index in [9.17, 15) is 0 Å². The van der Waals surface area contributed by atoms with Gasteiger partial charge in [-0.15, -0.1) is 0 Å². The molecule has 2 saturated heterocycles. The van der Waals surface area contributed by atoms with Gasteiger partial charge in [-0.3, -0.25) is 0 Å². The minimum atomic E-state index is -0.396. The van der Waals surface area contributed by atoms with Gasteiger partial charge in [-0.1, -0.05) is 12.1 Å². The van der Waals surface area contributed by atoms with E-state index in [0.29, 0.717) is 13.2 Å². The van der Waals surface area contributed by atoms with Crippen molar-refractivity contribution in [3.63, 3.8) is 0 Å². The standard InChI is InChI=1S/C14H20N2O2/c1-11-4-2-5-12(15)13(11)16-7-3-6-14(10-16)17-8-9-18-14/h2,4-5H,3,6-10,15H2,1H3. The summed E-state index contributed by atoms with van der Waals surface area (Å²) >= 11 is 0. The molecule has 0 saturated carbocycles. The van der Waals surface area contributed by atoms with E-state index in [1.807, 2.05) is 12.1 Å². The van der Waals surface area contributed by atoms with Gasteiger partial charge >= 0.3 is 0 Å². The molecule has 0 aliphatic carbocycles. The highest BCUT2D eigenvalue weighted by Gasteiger charge is 2.41. The van der Waals surface area contributed by atoms with Gasteiger partial charge in [-0.2, -0.15) is 0 Å². The van der Waals surface area contributed by atoms with Crippen molar-refractivity contribution < 1.29 is 9.47 Å². The first-order chi connectivity index (χ1) is 8.70. The lowest BCUT2D eigenvalue weighted by Gasteiger charge is -2.40. The first kappa shape index (κ1) is 11.8. The number of rotatable bonds is 1. The molecule has 1 aromatic carbocycles. The normalized spacial score (nSPS) is 22.6. The second-order valence-electron chi connectivity index (χ2n) is 5.15. The average Bonchev–Trinajstić information content (AvgIpc) is 2.77. The zero-order valence-electron chi connectivity index (χ0n) is 10.8. The summed E-state index contributed by atoms with van der Waals surface area (Å²) in [5.41, 5.74) is 9.30. The minimum Gasteiger partial charge on any atom is -0.397 e. The van der Waals surface area contributed by atoms with Crippen molar-refractivity contribution in [2.75, 3.05) is 36.9 Å². The smallest absolute Gasteiger partial charge is 0.186 e. The van der Waals surface area contributed by atoms with Crippen molar-refractivity contribution in [1.29, 1.82) is 0 Å². The Balaban J connectivity index is 1.88. The van der Waals surface area contributed by atoms with Crippen molar-refractivity contribution in [2.24, 2.45) is 0 Å². The van der Waals surface area contributed by atoms with E-state index in [1.54, 1.807) is 0 Å². The second-order valence-corrected chi connectivity index (χ2v) is 5.15. The number of benzene rings is 1. The maximum absolute atomic E-state index is 6.12. The van der Waals surface area contributed by atoms with Gasteiger partial charge in [0.05, 0.1) is 31.1 Å². The molecule has 4 heteroatoms. The molecule has 4 nitrogen and oxygen atoms in total. The van der Waals surface area contributed by atoms with Crippen LogP contribution in [-0.4, -0.2) is 32.1 Å². The highest BCUT2D eigenvalue weighted by molar-refractivity contribution is 5.71. The van der Waals surface area contributed by atoms with Gasteiger partial charge in [0.2, 0.25) is 0 Å². The summed E-state index contributed by atoms with van der Waals surface area (Å²) in [6.07, 6.45) is 2.06. The van der Waals surface area contributed by atoms with Crippen molar-refractivity contribution in [3.8, 4) is 0 Å². The van der Waals surface area contributed by atoms with Crippen LogP contribution in [0.4, 0.5) is 11.4 Å². The monoisotopic (exact) mass is 248 g/mol. The van der Waals surface area contributed by atoms with Gasteiger partial charge in [-0.25, -0.2) is 0 Å². The fourth-order valence-corrected chi connectivity index (χ4v) is 3.03. The van der Waals surface area contributed by atoms with Gasteiger partial charge in [0.25, 0.3) is 0 Å². The zero-order chi connectivity index (χ0) is 12.6. The van der Waals surface area contributed by atoms with Crippen LogP contribution in [0.1, 0.15) is 18.4 Å². The van der Waals surface area contributed by atoms with Crippen LogP contribution in [0.2, 0.25) is 0 Å². The van der Waals surface area contributed by atoms with Crippen molar-refractivity contribution in [3.05, 3.63) is 23.8 Å². The van der Waals surface area contributed by atoms with E-state index in [-0.39, 0.29) is 0 Å². The molecule has 1 aromatic rings. The molecular weight excluding hydrogens is 228 g/mol. The number of piperidine rings is 1.